The Labute approximate surface area is 141 Å². The predicted molar refractivity (Wildman–Crippen MR) is 87.1 cm³/mol. The van der Waals surface area contributed by atoms with Gasteiger partial charge in [0.25, 0.3) is 5.91 Å². The molecule has 0 spiro atoms. The predicted octanol–water partition coefficient (Wildman–Crippen LogP) is 2.88. The molecule has 0 radical (unpaired) electrons. The number of hydrogen-bond donors (Lipinski definition) is 1. The molecule has 5 heteroatoms. The maximum absolute atomic E-state index is 12.4. The molecule has 0 aromatic heterocycles. The lowest BCUT2D eigenvalue weighted by Gasteiger charge is -2.56. The number of nitrogens with one attached hydrogen (secondary N) is 1. The lowest BCUT2D eigenvalue weighted by Crippen LogP contribution is -2.60. The molecular formula is C19H23NO4. The fourth-order valence-corrected chi connectivity index (χ4v) is 5.71. The van der Waals surface area contributed by atoms with Crippen LogP contribution in [0.2, 0.25) is 0 Å². The molecule has 128 valence electrons. The van der Waals surface area contributed by atoms with Gasteiger partial charge in [-0.25, -0.2) is 0 Å². The van der Waals surface area contributed by atoms with Gasteiger partial charge in [0.05, 0.1) is 0 Å². The van der Waals surface area contributed by atoms with E-state index in [0.717, 1.165) is 42.8 Å². The summed E-state index contributed by atoms with van der Waals surface area (Å²) in [6, 6.07) is 5.40. The molecule has 0 saturated heterocycles. The Kier molecular flexibility index (Phi) is 3.19. The molecule has 0 atom stereocenters. The van der Waals surface area contributed by atoms with Crippen molar-refractivity contribution in [2.75, 3.05) is 13.4 Å². The molecule has 1 heterocycles. The number of carbonyl (C=O) groups excluding carboxylic acids is 1. The molecule has 6 rings (SSSR count). The second-order valence-electron chi connectivity index (χ2n) is 8.05. The van der Waals surface area contributed by atoms with Crippen molar-refractivity contribution in [1.82, 2.24) is 5.32 Å². The summed E-state index contributed by atoms with van der Waals surface area (Å²) in [6.07, 6.45) is 7.62. The van der Waals surface area contributed by atoms with Crippen molar-refractivity contribution in [2.45, 2.75) is 44.1 Å². The number of rotatable bonds is 4. The molecule has 4 fully saturated rings. The summed E-state index contributed by atoms with van der Waals surface area (Å²) in [5.41, 5.74) is 0.0457. The minimum atomic E-state index is -0.00498. The van der Waals surface area contributed by atoms with E-state index in [0.29, 0.717) is 11.5 Å². The van der Waals surface area contributed by atoms with E-state index in [-0.39, 0.29) is 24.8 Å². The van der Waals surface area contributed by atoms with E-state index in [1.54, 1.807) is 6.07 Å². The van der Waals surface area contributed by atoms with Gasteiger partial charge in [0, 0.05) is 11.6 Å². The summed E-state index contributed by atoms with van der Waals surface area (Å²) < 4.78 is 16.3. The van der Waals surface area contributed by atoms with Crippen LogP contribution in [0.3, 0.4) is 0 Å². The first-order valence-electron chi connectivity index (χ1n) is 9.01. The molecule has 1 aromatic carbocycles. The topological polar surface area (TPSA) is 56.8 Å². The highest BCUT2D eigenvalue weighted by Gasteiger charge is 2.51. The number of hydrogen-bond acceptors (Lipinski definition) is 4. The zero-order valence-electron chi connectivity index (χ0n) is 13.8. The Hall–Kier alpha value is -1.91. The molecule has 4 aliphatic carbocycles. The van der Waals surface area contributed by atoms with Gasteiger partial charge in [-0.15, -0.1) is 0 Å². The maximum Gasteiger partial charge on any atom is 0.258 e. The molecule has 1 aromatic rings. The van der Waals surface area contributed by atoms with E-state index in [1.807, 2.05) is 12.1 Å². The number of amides is 1. The van der Waals surface area contributed by atoms with E-state index in [2.05, 4.69) is 5.32 Å². The summed E-state index contributed by atoms with van der Waals surface area (Å²) in [6.45, 7) is 0.298. The van der Waals surface area contributed by atoms with Crippen LogP contribution < -0.4 is 19.5 Å². The van der Waals surface area contributed by atoms with Gasteiger partial charge < -0.3 is 19.5 Å². The first-order chi connectivity index (χ1) is 11.7. The van der Waals surface area contributed by atoms with Gasteiger partial charge in [-0.2, -0.15) is 0 Å². The van der Waals surface area contributed by atoms with Crippen LogP contribution in [0.1, 0.15) is 38.5 Å². The van der Waals surface area contributed by atoms with Crippen molar-refractivity contribution >= 4 is 5.91 Å². The van der Waals surface area contributed by atoms with E-state index in [4.69, 9.17) is 14.2 Å². The SMILES string of the molecule is O=C(COc1ccc2c(c1)OCO2)NC12CC3CC(CC(C3)C1)C2. The van der Waals surface area contributed by atoms with Gasteiger partial charge in [-0.3, -0.25) is 4.79 Å². The third-order valence-corrected chi connectivity index (χ3v) is 6.16. The van der Waals surface area contributed by atoms with Crippen LogP contribution >= 0.6 is 0 Å². The molecule has 1 amide bonds. The number of ether oxygens (including phenoxy) is 3. The van der Waals surface area contributed by atoms with E-state index in [1.165, 1.54) is 19.3 Å². The highest BCUT2D eigenvalue weighted by atomic mass is 16.7. The average molecular weight is 329 g/mol. The van der Waals surface area contributed by atoms with Gasteiger partial charge >= 0.3 is 0 Å². The minimum absolute atomic E-state index is 0.00498. The van der Waals surface area contributed by atoms with Gasteiger partial charge in [-0.1, -0.05) is 0 Å². The maximum atomic E-state index is 12.4. The van der Waals surface area contributed by atoms with E-state index >= 15 is 0 Å². The normalized spacial score (nSPS) is 35.1. The zero-order valence-corrected chi connectivity index (χ0v) is 13.8. The smallest absolute Gasteiger partial charge is 0.258 e. The lowest BCUT2D eigenvalue weighted by molar-refractivity contribution is -0.128. The van der Waals surface area contributed by atoms with Crippen molar-refractivity contribution in [3.8, 4) is 17.2 Å². The minimum Gasteiger partial charge on any atom is -0.484 e. The largest absolute Gasteiger partial charge is 0.484 e. The van der Waals surface area contributed by atoms with Crippen molar-refractivity contribution in [3.05, 3.63) is 18.2 Å². The second kappa shape index (κ2) is 5.30. The van der Waals surface area contributed by atoms with Gasteiger partial charge in [0.1, 0.15) is 5.75 Å². The van der Waals surface area contributed by atoms with Crippen molar-refractivity contribution in [1.29, 1.82) is 0 Å². The van der Waals surface area contributed by atoms with Gasteiger partial charge in [0.2, 0.25) is 6.79 Å². The van der Waals surface area contributed by atoms with E-state index in [9.17, 15) is 4.79 Å². The van der Waals surface area contributed by atoms with Crippen molar-refractivity contribution in [2.24, 2.45) is 17.8 Å². The monoisotopic (exact) mass is 329 g/mol. The Morgan fingerprint density at radius 3 is 2.46 bits per heavy atom. The fraction of sp³-hybridized carbons (Fsp3) is 0.632. The van der Waals surface area contributed by atoms with Gasteiger partial charge in [0.15, 0.2) is 18.1 Å². The molecule has 0 unspecified atom stereocenters. The van der Waals surface area contributed by atoms with Crippen LogP contribution in [0.15, 0.2) is 18.2 Å². The third-order valence-electron chi connectivity index (χ3n) is 6.16. The molecule has 4 bridgehead atoms. The lowest BCUT2D eigenvalue weighted by atomic mass is 9.53. The average Bonchev–Trinajstić information content (AvgIpc) is 2.98. The van der Waals surface area contributed by atoms with Crippen molar-refractivity contribution in [3.63, 3.8) is 0 Å². The first kappa shape index (κ1) is 14.4. The Bertz CT molecular complexity index is 636. The summed E-state index contributed by atoms with van der Waals surface area (Å²) >= 11 is 0. The molecule has 1 aliphatic heterocycles. The van der Waals surface area contributed by atoms with E-state index < -0.39 is 0 Å². The molecule has 1 N–H and O–H groups in total. The highest BCUT2D eigenvalue weighted by molar-refractivity contribution is 5.78. The number of benzene rings is 1. The van der Waals surface area contributed by atoms with Crippen LogP contribution in [-0.4, -0.2) is 24.8 Å². The molecule has 5 nitrogen and oxygen atoms in total. The summed E-state index contributed by atoms with van der Waals surface area (Å²) in [7, 11) is 0. The van der Waals surface area contributed by atoms with Crippen molar-refractivity contribution < 1.29 is 19.0 Å². The molecule has 4 saturated carbocycles. The highest BCUT2D eigenvalue weighted by Crippen LogP contribution is 2.55. The quantitative estimate of drug-likeness (QED) is 0.923. The third kappa shape index (κ3) is 2.50. The zero-order chi connectivity index (χ0) is 16.1. The summed E-state index contributed by atoms with van der Waals surface area (Å²) in [4.78, 5) is 12.4. The molecular weight excluding hydrogens is 306 g/mol. The van der Waals surface area contributed by atoms with Crippen LogP contribution in [0.25, 0.3) is 0 Å². The summed E-state index contributed by atoms with van der Waals surface area (Å²) in [5, 5.41) is 3.33. The Morgan fingerprint density at radius 1 is 1.08 bits per heavy atom. The molecule has 5 aliphatic rings. The van der Waals surface area contributed by atoms with Crippen LogP contribution in [0, 0.1) is 17.8 Å². The Morgan fingerprint density at radius 2 is 1.75 bits per heavy atom. The fourth-order valence-electron chi connectivity index (χ4n) is 5.71. The second-order valence-corrected chi connectivity index (χ2v) is 8.05. The Balaban J connectivity index is 1.21. The van der Waals surface area contributed by atoms with Crippen LogP contribution in [0.4, 0.5) is 0 Å². The van der Waals surface area contributed by atoms with Gasteiger partial charge in [-0.05, 0) is 68.4 Å². The van der Waals surface area contributed by atoms with Crippen LogP contribution in [0.5, 0.6) is 17.2 Å². The molecule has 24 heavy (non-hydrogen) atoms. The standard InChI is InChI=1S/C19H23NO4/c21-18(10-22-15-1-2-16-17(6-15)24-11-23-16)20-19-7-12-3-13(8-19)5-14(4-12)9-19/h1-2,6,12-14H,3-5,7-11H2,(H,20,21). The number of carbonyl (C=O) groups is 1. The van der Waals surface area contributed by atoms with Crippen LogP contribution in [-0.2, 0) is 4.79 Å². The summed E-state index contributed by atoms with van der Waals surface area (Å²) in [5.74, 6) is 4.51. The number of fused-ring (bicyclic) bond motifs is 1. The first-order valence-corrected chi connectivity index (χ1v) is 9.01.